The summed E-state index contributed by atoms with van der Waals surface area (Å²) in [5, 5.41) is 9.91. The topological polar surface area (TPSA) is 53.2 Å². The largest absolute Gasteiger partial charge is 0.352 e. The summed E-state index contributed by atoms with van der Waals surface area (Å²) in [6, 6.07) is 0.897. The summed E-state index contributed by atoms with van der Waals surface area (Å²) >= 11 is 0. The minimum atomic E-state index is -0.0367. The number of amides is 1. The minimum absolute atomic E-state index is 0.0367. The minimum Gasteiger partial charge on any atom is -0.352 e. The molecule has 17 heavy (non-hydrogen) atoms. The molecule has 2 saturated carbocycles. The maximum absolute atomic E-state index is 12.1. The smallest absolute Gasteiger partial charge is 0.238 e. The first-order valence-electron chi connectivity index (χ1n) is 6.99. The van der Waals surface area contributed by atoms with E-state index < -0.39 is 0 Å². The molecule has 1 heterocycles. The van der Waals surface area contributed by atoms with Gasteiger partial charge in [0.25, 0.3) is 0 Å². The van der Waals surface area contributed by atoms with Crippen LogP contribution in [0.5, 0.6) is 0 Å². The number of hydrogen-bond donors (Lipinski definition) is 3. The summed E-state index contributed by atoms with van der Waals surface area (Å²) in [5.74, 6) is 1.85. The van der Waals surface area contributed by atoms with Crippen LogP contribution in [-0.4, -0.2) is 37.1 Å². The second kappa shape index (κ2) is 4.58. The number of carbonyl (C=O) groups is 1. The van der Waals surface area contributed by atoms with Gasteiger partial charge in [-0.15, -0.1) is 0 Å². The molecule has 0 radical (unpaired) electrons. The lowest BCUT2D eigenvalue weighted by Gasteiger charge is -2.30. The van der Waals surface area contributed by atoms with Crippen molar-refractivity contribution >= 4 is 5.91 Å². The zero-order valence-electron chi connectivity index (χ0n) is 10.5. The van der Waals surface area contributed by atoms with Gasteiger partial charge in [0, 0.05) is 25.2 Å². The van der Waals surface area contributed by atoms with Gasteiger partial charge in [-0.05, 0) is 38.0 Å². The van der Waals surface area contributed by atoms with Crippen LogP contribution in [-0.2, 0) is 4.79 Å². The molecule has 1 aliphatic heterocycles. The van der Waals surface area contributed by atoms with E-state index in [1.165, 1.54) is 25.7 Å². The molecule has 1 saturated heterocycles. The van der Waals surface area contributed by atoms with Crippen molar-refractivity contribution in [2.75, 3.05) is 13.1 Å². The summed E-state index contributed by atoms with van der Waals surface area (Å²) < 4.78 is 0. The first-order valence-corrected chi connectivity index (χ1v) is 6.99. The fourth-order valence-electron chi connectivity index (χ4n) is 3.67. The Labute approximate surface area is 103 Å². The predicted molar refractivity (Wildman–Crippen MR) is 66.6 cm³/mol. The third-order valence-corrected chi connectivity index (χ3v) is 4.72. The van der Waals surface area contributed by atoms with E-state index in [0.29, 0.717) is 12.1 Å². The molecule has 3 fully saturated rings. The molecule has 0 spiro atoms. The molecule has 1 amide bonds. The van der Waals surface area contributed by atoms with E-state index >= 15 is 0 Å². The Balaban J connectivity index is 1.50. The van der Waals surface area contributed by atoms with Gasteiger partial charge in [-0.25, -0.2) is 0 Å². The van der Waals surface area contributed by atoms with Gasteiger partial charge in [0.1, 0.15) is 0 Å². The monoisotopic (exact) mass is 237 g/mol. The van der Waals surface area contributed by atoms with Gasteiger partial charge in [-0.2, -0.15) is 0 Å². The molecule has 5 unspecified atom stereocenters. The Kier molecular flexibility index (Phi) is 3.09. The van der Waals surface area contributed by atoms with Crippen LogP contribution in [0.4, 0.5) is 0 Å². The number of nitrogens with one attached hydrogen (secondary N) is 3. The van der Waals surface area contributed by atoms with Crippen molar-refractivity contribution in [2.24, 2.45) is 11.8 Å². The molecule has 0 aromatic heterocycles. The van der Waals surface area contributed by atoms with Crippen molar-refractivity contribution in [3.63, 3.8) is 0 Å². The molecule has 4 heteroatoms. The SMILES string of the molecule is CC1CNC(C(=O)NC2CC3CCC2C3)CN1. The molecule has 0 aromatic rings. The van der Waals surface area contributed by atoms with Crippen LogP contribution in [0.15, 0.2) is 0 Å². The quantitative estimate of drug-likeness (QED) is 0.645. The van der Waals surface area contributed by atoms with Crippen LogP contribution in [0.25, 0.3) is 0 Å². The molecule has 3 N–H and O–H groups in total. The van der Waals surface area contributed by atoms with Gasteiger partial charge in [-0.1, -0.05) is 6.42 Å². The first-order chi connectivity index (χ1) is 8.22. The van der Waals surface area contributed by atoms with Crippen LogP contribution in [0.2, 0.25) is 0 Å². The van der Waals surface area contributed by atoms with E-state index in [2.05, 4.69) is 22.9 Å². The highest BCUT2D eigenvalue weighted by molar-refractivity contribution is 5.82. The molecule has 3 aliphatic rings. The molecular formula is C13H23N3O. The molecule has 0 aromatic carbocycles. The Bertz CT molecular complexity index is 299. The Morgan fingerprint density at radius 2 is 2.06 bits per heavy atom. The van der Waals surface area contributed by atoms with Crippen molar-refractivity contribution in [1.29, 1.82) is 0 Å². The van der Waals surface area contributed by atoms with Gasteiger partial charge in [0.2, 0.25) is 5.91 Å². The van der Waals surface area contributed by atoms with Gasteiger partial charge in [0.15, 0.2) is 0 Å². The van der Waals surface area contributed by atoms with E-state index in [9.17, 15) is 4.79 Å². The highest BCUT2D eigenvalue weighted by atomic mass is 16.2. The molecule has 96 valence electrons. The first kappa shape index (κ1) is 11.5. The van der Waals surface area contributed by atoms with Crippen LogP contribution < -0.4 is 16.0 Å². The highest BCUT2D eigenvalue weighted by Gasteiger charge is 2.40. The number of rotatable bonds is 2. The third kappa shape index (κ3) is 2.33. The van der Waals surface area contributed by atoms with Crippen LogP contribution in [0.3, 0.4) is 0 Å². The molecular weight excluding hydrogens is 214 g/mol. The fourth-order valence-corrected chi connectivity index (χ4v) is 3.67. The van der Waals surface area contributed by atoms with Crippen LogP contribution >= 0.6 is 0 Å². The molecule has 2 aliphatic carbocycles. The van der Waals surface area contributed by atoms with Crippen molar-refractivity contribution in [3.8, 4) is 0 Å². The van der Waals surface area contributed by atoms with Gasteiger partial charge in [-0.3, -0.25) is 4.79 Å². The van der Waals surface area contributed by atoms with Crippen molar-refractivity contribution in [3.05, 3.63) is 0 Å². The summed E-state index contributed by atoms with van der Waals surface area (Å²) in [6.07, 6.45) is 5.27. The Morgan fingerprint density at radius 3 is 2.65 bits per heavy atom. The lowest BCUT2D eigenvalue weighted by atomic mass is 9.95. The lowest BCUT2D eigenvalue weighted by Crippen LogP contribution is -2.60. The lowest BCUT2D eigenvalue weighted by molar-refractivity contribution is -0.124. The van der Waals surface area contributed by atoms with E-state index in [1.807, 2.05) is 0 Å². The molecule has 4 nitrogen and oxygen atoms in total. The standard InChI is InChI=1S/C13H23N3O/c1-8-6-15-12(7-14-8)13(17)16-11-5-9-2-3-10(11)4-9/h8-12,14-15H,2-7H2,1H3,(H,16,17). The average Bonchev–Trinajstić information content (AvgIpc) is 2.91. The van der Waals surface area contributed by atoms with Crippen LogP contribution in [0.1, 0.15) is 32.6 Å². The molecule has 5 atom stereocenters. The van der Waals surface area contributed by atoms with Gasteiger partial charge >= 0.3 is 0 Å². The predicted octanol–water partition coefficient (Wildman–Crippen LogP) is 0.241. The summed E-state index contributed by atoms with van der Waals surface area (Å²) in [5.41, 5.74) is 0. The zero-order chi connectivity index (χ0) is 11.8. The number of fused-ring (bicyclic) bond motifs is 2. The van der Waals surface area contributed by atoms with Crippen molar-refractivity contribution in [1.82, 2.24) is 16.0 Å². The number of carbonyl (C=O) groups excluding carboxylic acids is 1. The summed E-state index contributed by atoms with van der Waals surface area (Å²) in [4.78, 5) is 12.1. The number of piperazine rings is 1. The van der Waals surface area contributed by atoms with Crippen molar-refractivity contribution in [2.45, 2.75) is 50.7 Å². The number of hydrogen-bond acceptors (Lipinski definition) is 3. The second-order valence-corrected chi connectivity index (χ2v) is 6.06. The molecule has 3 rings (SSSR count). The van der Waals surface area contributed by atoms with E-state index in [4.69, 9.17) is 0 Å². The van der Waals surface area contributed by atoms with Crippen LogP contribution in [0, 0.1) is 11.8 Å². The second-order valence-electron chi connectivity index (χ2n) is 6.06. The van der Waals surface area contributed by atoms with E-state index in [-0.39, 0.29) is 11.9 Å². The maximum atomic E-state index is 12.1. The fraction of sp³-hybridized carbons (Fsp3) is 0.923. The maximum Gasteiger partial charge on any atom is 0.238 e. The Morgan fingerprint density at radius 1 is 1.18 bits per heavy atom. The summed E-state index contributed by atoms with van der Waals surface area (Å²) in [7, 11) is 0. The van der Waals surface area contributed by atoms with Gasteiger partial charge < -0.3 is 16.0 Å². The summed E-state index contributed by atoms with van der Waals surface area (Å²) in [6.45, 7) is 3.78. The average molecular weight is 237 g/mol. The third-order valence-electron chi connectivity index (χ3n) is 4.72. The van der Waals surface area contributed by atoms with E-state index in [0.717, 1.165) is 24.9 Å². The molecule has 2 bridgehead atoms. The van der Waals surface area contributed by atoms with E-state index in [1.54, 1.807) is 0 Å². The normalized spacial score (nSPS) is 44.9. The Hall–Kier alpha value is -0.610. The highest BCUT2D eigenvalue weighted by Crippen LogP contribution is 2.44. The van der Waals surface area contributed by atoms with Gasteiger partial charge in [0.05, 0.1) is 6.04 Å². The van der Waals surface area contributed by atoms with Crippen molar-refractivity contribution < 1.29 is 4.79 Å². The zero-order valence-corrected chi connectivity index (χ0v) is 10.5.